The van der Waals surface area contributed by atoms with E-state index in [1.807, 2.05) is 0 Å². The van der Waals surface area contributed by atoms with Crippen molar-refractivity contribution < 1.29 is 0 Å². The van der Waals surface area contributed by atoms with Crippen molar-refractivity contribution >= 4 is 0 Å². The minimum atomic E-state index is 0.674. The van der Waals surface area contributed by atoms with Crippen LogP contribution in [0.5, 0.6) is 0 Å². The zero-order valence-electron chi connectivity index (χ0n) is 11.1. The van der Waals surface area contributed by atoms with E-state index in [-0.39, 0.29) is 0 Å². The lowest BCUT2D eigenvalue weighted by molar-refractivity contribution is 0.656. The molecule has 16 heavy (non-hydrogen) atoms. The molecular formula is C16H24. The minimum Gasteiger partial charge on any atom is -0.0587 e. The standard InChI is InChI=1S/C16H24/c1-11(2)13-9-10-14(12(3)4)16-8-6-5-7-15(13)16/h9-12H,5-8H2,1-4H3. The zero-order valence-corrected chi connectivity index (χ0v) is 11.1. The second-order valence-electron chi connectivity index (χ2n) is 5.72. The number of rotatable bonds is 2. The molecule has 0 nitrogen and oxygen atoms in total. The third kappa shape index (κ3) is 2.03. The fourth-order valence-corrected chi connectivity index (χ4v) is 3.01. The molecule has 2 rings (SSSR count). The first kappa shape index (κ1) is 11.7. The Morgan fingerprint density at radius 3 is 1.44 bits per heavy atom. The van der Waals surface area contributed by atoms with Gasteiger partial charge in [0.05, 0.1) is 0 Å². The highest BCUT2D eigenvalue weighted by Crippen LogP contribution is 2.34. The molecule has 0 saturated carbocycles. The van der Waals surface area contributed by atoms with Crippen molar-refractivity contribution in [2.45, 2.75) is 65.2 Å². The summed E-state index contributed by atoms with van der Waals surface area (Å²) in [7, 11) is 0. The summed E-state index contributed by atoms with van der Waals surface area (Å²) < 4.78 is 0. The molecule has 88 valence electrons. The van der Waals surface area contributed by atoms with Gasteiger partial charge in [-0.1, -0.05) is 39.8 Å². The predicted molar refractivity (Wildman–Crippen MR) is 71.3 cm³/mol. The highest BCUT2D eigenvalue weighted by molar-refractivity contribution is 5.45. The van der Waals surface area contributed by atoms with Crippen LogP contribution in [0, 0.1) is 0 Å². The molecule has 0 radical (unpaired) electrons. The summed E-state index contributed by atoms with van der Waals surface area (Å²) in [6.45, 7) is 9.27. The Hall–Kier alpha value is -0.780. The van der Waals surface area contributed by atoms with Gasteiger partial charge in [-0.15, -0.1) is 0 Å². The maximum absolute atomic E-state index is 2.38. The van der Waals surface area contributed by atoms with Gasteiger partial charge in [-0.2, -0.15) is 0 Å². The lowest BCUT2D eigenvalue weighted by Crippen LogP contribution is -2.11. The normalized spacial score (nSPS) is 15.6. The molecule has 1 aliphatic rings. The van der Waals surface area contributed by atoms with Crippen molar-refractivity contribution in [3.8, 4) is 0 Å². The molecule has 0 bridgehead atoms. The van der Waals surface area contributed by atoms with E-state index in [9.17, 15) is 0 Å². The van der Waals surface area contributed by atoms with Crippen LogP contribution in [0.15, 0.2) is 12.1 Å². The van der Waals surface area contributed by atoms with Gasteiger partial charge in [-0.25, -0.2) is 0 Å². The Kier molecular flexibility index (Phi) is 3.37. The molecule has 0 atom stereocenters. The molecular weight excluding hydrogens is 192 g/mol. The predicted octanol–water partition coefficient (Wildman–Crippen LogP) is 4.81. The second kappa shape index (κ2) is 4.61. The van der Waals surface area contributed by atoms with Crippen molar-refractivity contribution in [1.29, 1.82) is 0 Å². The first-order valence-electron chi connectivity index (χ1n) is 6.75. The molecule has 0 fully saturated rings. The highest BCUT2D eigenvalue weighted by Gasteiger charge is 2.19. The van der Waals surface area contributed by atoms with Gasteiger partial charge in [0.15, 0.2) is 0 Å². The number of benzene rings is 1. The fourth-order valence-electron chi connectivity index (χ4n) is 3.01. The second-order valence-corrected chi connectivity index (χ2v) is 5.72. The third-order valence-corrected chi connectivity index (χ3v) is 3.85. The van der Waals surface area contributed by atoms with Crippen LogP contribution in [0.4, 0.5) is 0 Å². The Bertz CT molecular complexity index is 335. The summed E-state index contributed by atoms with van der Waals surface area (Å²) in [6, 6.07) is 4.76. The van der Waals surface area contributed by atoms with Crippen LogP contribution in [0.3, 0.4) is 0 Å². The Morgan fingerprint density at radius 2 is 1.12 bits per heavy atom. The zero-order chi connectivity index (χ0) is 11.7. The van der Waals surface area contributed by atoms with Crippen LogP contribution in [-0.4, -0.2) is 0 Å². The Morgan fingerprint density at radius 1 is 0.750 bits per heavy atom. The van der Waals surface area contributed by atoms with E-state index in [1.165, 1.54) is 25.7 Å². The van der Waals surface area contributed by atoms with Gasteiger partial charge in [0.1, 0.15) is 0 Å². The molecule has 1 aromatic rings. The van der Waals surface area contributed by atoms with E-state index in [1.54, 1.807) is 22.3 Å². The first-order chi connectivity index (χ1) is 7.61. The van der Waals surface area contributed by atoms with Gasteiger partial charge in [0.25, 0.3) is 0 Å². The topological polar surface area (TPSA) is 0 Å². The summed E-state index contributed by atoms with van der Waals surface area (Å²) in [4.78, 5) is 0. The molecule has 1 aliphatic carbocycles. The van der Waals surface area contributed by atoms with Gasteiger partial charge in [0, 0.05) is 0 Å². The van der Waals surface area contributed by atoms with E-state index in [4.69, 9.17) is 0 Å². The van der Waals surface area contributed by atoms with E-state index in [0.29, 0.717) is 11.8 Å². The van der Waals surface area contributed by atoms with Crippen LogP contribution in [0.2, 0.25) is 0 Å². The SMILES string of the molecule is CC(C)c1ccc(C(C)C)c2c1CCCC2. The third-order valence-electron chi connectivity index (χ3n) is 3.85. The maximum Gasteiger partial charge on any atom is -0.0216 e. The quantitative estimate of drug-likeness (QED) is 0.665. The molecule has 0 heterocycles. The molecule has 1 aromatic carbocycles. The monoisotopic (exact) mass is 216 g/mol. The lowest BCUT2D eigenvalue weighted by atomic mass is 9.80. The molecule has 0 spiro atoms. The van der Waals surface area contributed by atoms with Crippen molar-refractivity contribution in [1.82, 2.24) is 0 Å². The maximum atomic E-state index is 2.38. The average Bonchev–Trinajstić information content (AvgIpc) is 2.27. The van der Waals surface area contributed by atoms with Crippen LogP contribution >= 0.6 is 0 Å². The van der Waals surface area contributed by atoms with E-state index in [0.717, 1.165) is 0 Å². The summed E-state index contributed by atoms with van der Waals surface area (Å²) in [6.07, 6.45) is 5.38. The highest BCUT2D eigenvalue weighted by atomic mass is 14.2. The lowest BCUT2D eigenvalue weighted by Gasteiger charge is -2.25. The van der Waals surface area contributed by atoms with Gasteiger partial charge in [-0.3, -0.25) is 0 Å². The molecule has 0 saturated heterocycles. The molecule has 0 aliphatic heterocycles. The summed E-state index contributed by atoms with van der Waals surface area (Å²) >= 11 is 0. The van der Waals surface area contributed by atoms with Gasteiger partial charge in [0.2, 0.25) is 0 Å². The van der Waals surface area contributed by atoms with Crippen molar-refractivity contribution in [3.05, 3.63) is 34.4 Å². The van der Waals surface area contributed by atoms with Gasteiger partial charge in [-0.05, 0) is 59.8 Å². The van der Waals surface area contributed by atoms with Crippen LogP contribution < -0.4 is 0 Å². The summed E-state index contributed by atoms with van der Waals surface area (Å²) in [5.74, 6) is 1.35. The first-order valence-corrected chi connectivity index (χ1v) is 6.75. The Labute approximate surface area is 100 Å². The smallest absolute Gasteiger partial charge is 0.0216 e. The van der Waals surface area contributed by atoms with Crippen LogP contribution in [0.25, 0.3) is 0 Å². The van der Waals surface area contributed by atoms with E-state index >= 15 is 0 Å². The van der Waals surface area contributed by atoms with Gasteiger partial charge < -0.3 is 0 Å². The summed E-state index contributed by atoms with van der Waals surface area (Å²) in [5.41, 5.74) is 6.57. The van der Waals surface area contributed by atoms with Crippen molar-refractivity contribution in [2.24, 2.45) is 0 Å². The van der Waals surface area contributed by atoms with Crippen molar-refractivity contribution in [2.75, 3.05) is 0 Å². The number of hydrogen-bond donors (Lipinski definition) is 0. The minimum absolute atomic E-state index is 0.674. The largest absolute Gasteiger partial charge is 0.0587 e. The number of hydrogen-bond acceptors (Lipinski definition) is 0. The average molecular weight is 216 g/mol. The van der Waals surface area contributed by atoms with Crippen LogP contribution in [-0.2, 0) is 12.8 Å². The molecule has 0 amide bonds. The van der Waals surface area contributed by atoms with Crippen molar-refractivity contribution in [3.63, 3.8) is 0 Å². The Balaban J connectivity index is 2.54. The van der Waals surface area contributed by atoms with E-state index in [2.05, 4.69) is 39.8 Å². The summed E-state index contributed by atoms with van der Waals surface area (Å²) in [5, 5.41) is 0. The molecule has 0 heteroatoms. The molecule has 0 N–H and O–H groups in total. The molecule has 0 aromatic heterocycles. The number of fused-ring (bicyclic) bond motifs is 1. The molecule has 0 unspecified atom stereocenters. The van der Waals surface area contributed by atoms with Gasteiger partial charge >= 0.3 is 0 Å². The fraction of sp³-hybridized carbons (Fsp3) is 0.625. The van der Waals surface area contributed by atoms with E-state index < -0.39 is 0 Å². The van der Waals surface area contributed by atoms with Crippen LogP contribution in [0.1, 0.15) is 74.6 Å².